The summed E-state index contributed by atoms with van der Waals surface area (Å²) in [6, 6.07) is 14.8. The third kappa shape index (κ3) is 5.49. The number of rotatable bonds is 8. The molecular weight excluding hydrogens is 462 g/mol. The second-order valence-corrected chi connectivity index (χ2v) is 12.4. The number of carboxylic acid groups (broad SMARTS) is 1. The van der Waals surface area contributed by atoms with E-state index in [1.807, 2.05) is 37.7 Å². The zero-order chi connectivity index (χ0) is 24.5. The van der Waals surface area contributed by atoms with Crippen LogP contribution in [0.2, 0.25) is 5.02 Å². The van der Waals surface area contributed by atoms with Gasteiger partial charge in [0, 0.05) is 44.7 Å². The second kappa shape index (κ2) is 10.4. The molecule has 3 nitrogen and oxygen atoms in total. The van der Waals surface area contributed by atoms with Crippen LogP contribution in [0.4, 0.5) is 0 Å². The lowest BCUT2D eigenvalue weighted by Gasteiger charge is -2.24. The summed E-state index contributed by atoms with van der Waals surface area (Å²) in [5.41, 5.74) is 3.97. The summed E-state index contributed by atoms with van der Waals surface area (Å²) < 4.78 is 2.36. The van der Waals surface area contributed by atoms with E-state index in [0.717, 1.165) is 16.3 Å². The van der Waals surface area contributed by atoms with E-state index in [1.54, 1.807) is 0 Å². The van der Waals surface area contributed by atoms with Crippen LogP contribution >= 0.6 is 23.4 Å². The lowest BCUT2D eigenvalue weighted by atomic mass is 9.88. The molecule has 0 radical (unpaired) electrons. The van der Waals surface area contributed by atoms with Crippen LogP contribution in [0.3, 0.4) is 0 Å². The number of nitrogens with zero attached hydrogens (tertiary/aromatic N) is 1. The second-order valence-electron chi connectivity index (χ2n) is 10.7. The maximum Gasteiger partial charge on any atom is 0.309 e. The first-order valence-corrected chi connectivity index (χ1v) is 13.7. The molecular formula is C29H36ClNO2S. The molecule has 34 heavy (non-hydrogen) atoms. The quantitative estimate of drug-likeness (QED) is 0.339. The monoisotopic (exact) mass is 497 g/mol. The number of aromatic nitrogens is 1. The van der Waals surface area contributed by atoms with Crippen LogP contribution in [0.5, 0.6) is 0 Å². The minimum absolute atomic E-state index is 0.440. The molecule has 1 aliphatic carbocycles. The summed E-state index contributed by atoms with van der Waals surface area (Å²) in [6.45, 7) is 8.84. The van der Waals surface area contributed by atoms with Gasteiger partial charge in [-0.05, 0) is 68.0 Å². The summed E-state index contributed by atoms with van der Waals surface area (Å²) in [5.74, 6) is -0.317. The molecule has 2 aromatic carbocycles. The van der Waals surface area contributed by atoms with Crippen molar-refractivity contribution >= 4 is 40.2 Å². The molecule has 0 aliphatic heterocycles. The highest BCUT2D eigenvalue weighted by Crippen LogP contribution is 2.44. The van der Waals surface area contributed by atoms with Crippen LogP contribution in [-0.4, -0.2) is 20.9 Å². The Morgan fingerprint density at radius 1 is 1.12 bits per heavy atom. The van der Waals surface area contributed by atoms with Crippen molar-refractivity contribution in [1.82, 2.24) is 4.57 Å². The lowest BCUT2D eigenvalue weighted by Crippen LogP contribution is -2.28. The average Bonchev–Trinajstić information content (AvgIpc) is 3.07. The normalized spacial score (nSPS) is 15.4. The van der Waals surface area contributed by atoms with Crippen molar-refractivity contribution in [3.05, 3.63) is 64.3 Å². The zero-order valence-corrected chi connectivity index (χ0v) is 22.3. The van der Waals surface area contributed by atoms with E-state index in [9.17, 15) is 9.90 Å². The van der Waals surface area contributed by atoms with Crippen molar-refractivity contribution in [1.29, 1.82) is 0 Å². The van der Waals surface area contributed by atoms with E-state index < -0.39 is 11.4 Å². The molecule has 1 heterocycles. The standard InChI is InChI=1S/C29H36ClNO2S/c1-19(2)21-12-15-25-24(16-21)27(34-23-8-6-5-7-9-23)26(17-29(3,4)28(32)33)31(25)18-20-10-13-22(30)14-11-20/h10-16,19,23H,5-9,17-18H2,1-4H3,(H,32,33). The Morgan fingerprint density at radius 2 is 1.79 bits per heavy atom. The van der Waals surface area contributed by atoms with Crippen LogP contribution in [0.15, 0.2) is 47.4 Å². The van der Waals surface area contributed by atoms with Gasteiger partial charge in [-0.3, -0.25) is 4.79 Å². The Kier molecular flexibility index (Phi) is 7.69. The molecule has 0 unspecified atom stereocenters. The highest BCUT2D eigenvalue weighted by molar-refractivity contribution is 8.00. The Labute approximate surface area is 212 Å². The van der Waals surface area contributed by atoms with Crippen molar-refractivity contribution in [2.45, 2.75) is 88.8 Å². The van der Waals surface area contributed by atoms with Gasteiger partial charge < -0.3 is 9.67 Å². The van der Waals surface area contributed by atoms with Gasteiger partial charge in [0.25, 0.3) is 0 Å². The predicted octanol–water partition coefficient (Wildman–Crippen LogP) is 8.54. The Bertz CT molecular complexity index is 1160. The first-order chi connectivity index (χ1) is 16.2. The van der Waals surface area contributed by atoms with E-state index >= 15 is 0 Å². The number of carbonyl (C=O) groups is 1. The molecule has 3 aromatic rings. The summed E-state index contributed by atoms with van der Waals surface area (Å²) in [6.07, 6.45) is 6.87. The summed E-state index contributed by atoms with van der Waals surface area (Å²) in [7, 11) is 0. The number of benzene rings is 2. The van der Waals surface area contributed by atoms with E-state index in [1.165, 1.54) is 53.5 Å². The third-order valence-electron chi connectivity index (χ3n) is 7.09. The Morgan fingerprint density at radius 3 is 2.41 bits per heavy atom. The molecule has 1 saturated carbocycles. The molecule has 0 atom stereocenters. The van der Waals surface area contributed by atoms with Crippen molar-refractivity contribution in [2.24, 2.45) is 5.41 Å². The van der Waals surface area contributed by atoms with Gasteiger partial charge in [0.05, 0.1) is 5.41 Å². The van der Waals surface area contributed by atoms with Gasteiger partial charge >= 0.3 is 5.97 Å². The average molecular weight is 498 g/mol. The largest absolute Gasteiger partial charge is 0.481 e. The van der Waals surface area contributed by atoms with Crippen LogP contribution in [0.25, 0.3) is 10.9 Å². The minimum Gasteiger partial charge on any atom is -0.481 e. The van der Waals surface area contributed by atoms with Gasteiger partial charge in [-0.1, -0.05) is 62.9 Å². The Balaban J connectivity index is 1.90. The first kappa shape index (κ1) is 25.2. The van der Waals surface area contributed by atoms with Gasteiger partial charge in [-0.25, -0.2) is 0 Å². The van der Waals surface area contributed by atoms with E-state index in [0.29, 0.717) is 24.1 Å². The molecule has 5 heteroatoms. The lowest BCUT2D eigenvalue weighted by molar-refractivity contribution is -0.146. The number of carboxylic acids is 1. The van der Waals surface area contributed by atoms with E-state index in [2.05, 4.69) is 48.7 Å². The van der Waals surface area contributed by atoms with Crippen LogP contribution in [-0.2, 0) is 17.8 Å². The molecule has 0 amide bonds. The topological polar surface area (TPSA) is 42.2 Å². The fourth-order valence-corrected chi connectivity index (χ4v) is 6.49. The van der Waals surface area contributed by atoms with Crippen LogP contribution < -0.4 is 0 Å². The number of thioether (sulfide) groups is 1. The molecule has 1 aromatic heterocycles. The first-order valence-electron chi connectivity index (χ1n) is 12.4. The molecule has 0 bridgehead atoms. The molecule has 1 fully saturated rings. The van der Waals surface area contributed by atoms with Gasteiger partial charge in [0.2, 0.25) is 0 Å². The highest BCUT2D eigenvalue weighted by Gasteiger charge is 2.32. The number of aliphatic carboxylic acids is 1. The van der Waals surface area contributed by atoms with Gasteiger partial charge in [-0.15, -0.1) is 11.8 Å². The number of fused-ring (bicyclic) bond motifs is 1. The minimum atomic E-state index is -0.852. The number of hydrogen-bond donors (Lipinski definition) is 1. The van der Waals surface area contributed by atoms with Crippen molar-refractivity contribution in [2.75, 3.05) is 0 Å². The van der Waals surface area contributed by atoms with Crippen LogP contribution in [0, 0.1) is 5.41 Å². The maximum atomic E-state index is 12.2. The third-order valence-corrected chi connectivity index (χ3v) is 8.84. The molecule has 1 N–H and O–H groups in total. The summed E-state index contributed by atoms with van der Waals surface area (Å²) in [5, 5.41) is 12.6. The van der Waals surface area contributed by atoms with E-state index in [4.69, 9.17) is 11.6 Å². The smallest absolute Gasteiger partial charge is 0.309 e. The maximum absolute atomic E-state index is 12.2. The Hall–Kier alpha value is -1.91. The van der Waals surface area contributed by atoms with Gasteiger partial charge in [0.1, 0.15) is 0 Å². The number of hydrogen-bond acceptors (Lipinski definition) is 2. The molecule has 4 rings (SSSR count). The molecule has 1 aliphatic rings. The predicted molar refractivity (Wildman–Crippen MR) is 144 cm³/mol. The van der Waals surface area contributed by atoms with Crippen molar-refractivity contribution in [3.63, 3.8) is 0 Å². The number of halogens is 1. The van der Waals surface area contributed by atoms with Gasteiger partial charge in [0.15, 0.2) is 0 Å². The van der Waals surface area contributed by atoms with Crippen LogP contribution in [0.1, 0.15) is 82.5 Å². The fourth-order valence-electron chi connectivity index (χ4n) is 4.86. The molecule has 0 spiro atoms. The van der Waals surface area contributed by atoms with Crippen molar-refractivity contribution in [3.8, 4) is 0 Å². The zero-order valence-electron chi connectivity index (χ0n) is 20.7. The van der Waals surface area contributed by atoms with E-state index in [-0.39, 0.29) is 0 Å². The summed E-state index contributed by atoms with van der Waals surface area (Å²) >= 11 is 8.14. The highest BCUT2D eigenvalue weighted by atomic mass is 35.5. The summed E-state index contributed by atoms with van der Waals surface area (Å²) in [4.78, 5) is 13.4. The SMILES string of the molecule is CC(C)c1ccc2c(c1)c(SC1CCCCC1)c(CC(C)(C)C(=O)O)n2Cc1ccc(Cl)cc1. The fraction of sp³-hybridized carbons (Fsp3) is 0.483. The van der Waals surface area contributed by atoms with Crippen molar-refractivity contribution < 1.29 is 9.90 Å². The molecule has 0 saturated heterocycles. The molecule has 182 valence electrons. The van der Waals surface area contributed by atoms with Gasteiger partial charge in [-0.2, -0.15) is 0 Å².